The first-order valence-corrected chi connectivity index (χ1v) is 16.6. The molecule has 0 aromatic heterocycles. The van der Waals surface area contributed by atoms with Crippen molar-refractivity contribution in [2.45, 2.75) is 129 Å². The average molecular weight is 539 g/mol. The summed E-state index contributed by atoms with van der Waals surface area (Å²) in [5.74, 6) is 1.58. The molecule has 1 N–H and O–H groups in total. The van der Waals surface area contributed by atoms with Crippen LogP contribution in [0.5, 0.6) is 0 Å². The first-order valence-electron chi connectivity index (χ1n) is 16.6. The third-order valence-corrected chi connectivity index (χ3v) is 11.1. The lowest BCUT2D eigenvalue weighted by Gasteiger charge is -2.54. The molecule has 0 spiro atoms. The summed E-state index contributed by atoms with van der Waals surface area (Å²) < 4.78 is 6.82. The minimum atomic E-state index is -0.175. The normalized spacial score (nSPS) is 32.6. The van der Waals surface area contributed by atoms with Crippen LogP contribution in [0.25, 0.3) is 0 Å². The first-order chi connectivity index (χ1) is 18.7. The number of ether oxygens (including phenoxy) is 1. The van der Waals surface area contributed by atoms with E-state index in [1.807, 2.05) is 0 Å². The predicted octanol–water partition coefficient (Wildman–Crippen LogP) is 8.06. The lowest BCUT2D eigenvalue weighted by Crippen LogP contribution is -2.55. The topological polar surface area (TPSA) is 35.9 Å². The molecule has 220 valence electrons. The van der Waals surface area contributed by atoms with Crippen LogP contribution in [0.15, 0.2) is 35.1 Å². The van der Waals surface area contributed by atoms with E-state index in [1.54, 1.807) is 5.57 Å². The van der Waals surface area contributed by atoms with E-state index >= 15 is 0 Å². The largest absolute Gasteiger partial charge is 0.512 e. The van der Waals surface area contributed by atoms with Crippen molar-refractivity contribution in [3.8, 4) is 0 Å². The Hall–Kier alpha value is -1.10. The number of allylic oxidation sites excluding steroid dienone is 3. The molecule has 0 radical (unpaired) electrons. The van der Waals surface area contributed by atoms with Crippen LogP contribution in [0.2, 0.25) is 0 Å². The highest BCUT2D eigenvalue weighted by atomic mass is 16.5. The van der Waals surface area contributed by atoms with Gasteiger partial charge in [0.25, 0.3) is 0 Å². The smallest absolute Gasteiger partial charge is 0.0988 e. The van der Waals surface area contributed by atoms with Crippen LogP contribution in [-0.2, 0) is 4.74 Å². The number of hydrogen-bond donors (Lipinski definition) is 1. The molecular weight excluding hydrogens is 480 g/mol. The molecule has 0 aromatic rings. The molecule has 4 nitrogen and oxygen atoms in total. The molecule has 4 atom stereocenters. The number of fused-ring (bicyclic) bond motifs is 3. The minimum Gasteiger partial charge on any atom is -0.512 e. The van der Waals surface area contributed by atoms with Crippen LogP contribution < -0.4 is 0 Å². The summed E-state index contributed by atoms with van der Waals surface area (Å²) in [6, 6.07) is 0.810. The Labute approximate surface area is 239 Å². The molecule has 3 heterocycles. The molecule has 3 aliphatic heterocycles. The zero-order valence-corrected chi connectivity index (χ0v) is 25.9. The minimum absolute atomic E-state index is 0.0178. The van der Waals surface area contributed by atoms with Crippen molar-refractivity contribution in [1.29, 1.82) is 0 Å². The molecule has 0 aromatic carbocycles. The number of nitrogens with zero attached hydrogens (tertiary/aromatic N) is 2. The van der Waals surface area contributed by atoms with Gasteiger partial charge in [-0.15, -0.1) is 0 Å². The van der Waals surface area contributed by atoms with E-state index in [0.717, 1.165) is 31.8 Å². The van der Waals surface area contributed by atoms with Gasteiger partial charge < -0.3 is 14.7 Å². The van der Waals surface area contributed by atoms with Gasteiger partial charge in [-0.05, 0) is 114 Å². The van der Waals surface area contributed by atoms with Gasteiger partial charge in [-0.25, -0.2) is 0 Å². The van der Waals surface area contributed by atoms with E-state index in [9.17, 15) is 5.11 Å². The fourth-order valence-electron chi connectivity index (χ4n) is 8.64. The van der Waals surface area contributed by atoms with Crippen LogP contribution in [0.3, 0.4) is 0 Å². The maximum Gasteiger partial charge on any atom is 0.0988 e. The number of unbranched alkanes of at least 4 members (excludes halogenated alkanes) is 3. The number of rotatable bonds is 9. The van der Waals surface area contributed by atoms with E-state index in [2.05, 4.69) is 62.6 Å². The maximum atomic E-state index is 11.5. The number of piperidine rings is 2. The Morgan fingerprint density at radius 3 is 2.49 bits per heavy atom. The zero-order valence-electron chi connectivity index (χ0n) is 25.9. The van der Waals surface area contributed by atoms with Crippen LogP contribution in [-0.4, -0.2) is 65.4 Å². The highest BCUT2D eigenvalue weighted by Crippen LogP contribution is 2.53. The number of hydrogen-bond acceptors (Lipinski definition) is 4. The second-order valence-corrected chi connectivity index (χ2v) is 14.8. The molecule has 2 aliphatic carbocycles. The van der Waals surface area contributed by atoms with Gasteiger partial charge in [0.15, 0.2) is 0 Å². The Balaban J connectivity index is 1.23. The molecule has 0 bridgehead atoms. The third kappa shape index (κ3) is 6.70. The van der Waals surface area contributed by atoms with Crippen molar-refractivity contribution >= 4 is 0 Å². The standard InChI is InChI=1S/C35H58N2O2/c1-6-7-8-10-17-34(2,3)27-23-31(38)33-29-22-26(13-14-30(29)35(4,5)39-32(33)24-27)25-36-20-15-28(16-21-36)37-18-11-9-12-19-37/h13,23-24,28-30,32-33,38H,6-12,14-22,25H2,1-5H3/t29?,30-,32?,33+/m0/s1. The van der Waals surface area contributed by atoms with E-state index in [0.29, 0.717) is 17.6 Å². The fraction of sp³-hybridized carbons (Fsp3) is 0.829. The summed E-state index contributed by atoms with van der Waals surface area (Å²) in [6.45, 7) is 17.8. The van der Waals surface area contributed by atoms with Gasteiger partial charge >= 0.3 is 0 Å². The average Bonchev–Trinajstić information content (AvgIpc) is 2.91. The Bertz CT molecular complexity index is 917. The fourth-order valence-corrected chi connectivity index (χ4v) is 8.64. The summed E-state index contributed by atoms with van der Waals surface area (Å²) in [5, 5.41) is 11.5. The number of likely N-dealkylation sites (tertiary alicyclic amines) is 2. The molecule has 4 heteroatoms. The first kappa shape index (κ1) is 29.4. The van der Waals surface area contributed by atoms with Gasteiger partial charge in [0.05, 0.1) is 17.5 Å². The summed E-state index contributed by atoms with van der Waals surface area (Å²) >= 11 is 0. The molecule has 39 heavy (non-hydrogen) atoms. The van der Waals surface area contributed by atoms with Crippen LogP contribution in [0.1, 0.15) is 112 Å². The summed E-state index contributed by atoms with van der Waals surface area (Å²) in [4.78, 5) is 5.49. The Morgan fingerprint density at radius 1 is 1.03 bits per heavy atom. The highest BCUT2D eigenvalue weighted by Gasteiger charge is 2.52. The second-order valence-electron chi connectivity index (χ2n) is 14.8. The van der Waals surface area contributed by atoms with Crippen molar-refractivity contribution in [3.05, 3.63) is 35.1 Å². The number of aliphatic hydroxyl groups excluding tert-OH is 1. The van der Waals surface area contributed by atoms with E-state index < -0.39 is 0 Å². The van der Waals surface area contributed by atoms with Crippen molar-refractivity contribution in [2.75, 3.05) is 32.7 Å². The molecular formula is C35H58N2O2. The van der Waals surface area contributed by atoms with E-state index in [-0.39, 0.29) is 23.0 Å². The molecule has 0 amide bonds. The van der Waals surface area contributed by atoms with Crippen LogP contribution in [0.4, 0.5) is 0 Å². The Kier molecular flexibility index (Phi) is 9.35. The van der Waals surface area contributed by atoms with Crippen molar-refractivity contribution < 1.29 is 9.84 Å². The highest BCUT2D eigenvalue weighted by molar-refractivity contribution is 5.36. The predicted molar refractivity (Wildman–Crippen MR) is 163 cm³/mol. The lowest BCUT2D eigenvalue weighted by molar-refractivity contribution is -0.177. The quantitative estimate of drug-likeness (QED) is 0.238. The maximum absolute atomic E-state index is 11.5. The molecule has 2 unspecified atom stereocenters. The molecule has 3 fully saturated rings. The van der Waals surface area contributed by atoms with Crippen molar-refractivity contribution in [1.82, 2.24) is 9.80 Å². The van der Waals surface area contributed by atoms with E-state index in [4.69, 9.17) is 4.74 Å². The van der Waals surface area contributed by atoms with E-state index in [1.165, 1.54) is 89.5 Å². The SMILES string of the molecule is CCCCCCC(C)(C)C1=CC2OC(C)(C)[C@H]3CC=C(CN4CCC(N5CCCCC5)CC4)CC3[C@@H]2C(O)=C1. The molecule has 3 saturated heterocycles. The monoisotopic (exact) mass is 538 g/mol. The van der Waals surface area contributed by atoms with Crippen LogP contribution >= 0.6 is 0 Å². The number of aliphatic hydroxyl groups is 1. The summed E-state index contributed by atoms with van der Waals surface area (Å²) in [5.41, 5.74) is 2.76. The van der Waals surface area contributed by atoms with Gasteiger partial charge in [0, 0.05) is 18.5 Å². The Morgan fingerprint density at radius 2 is 1.77 bits per heavy atom. The lowest BCUT2D eigenvalue weighted by atomic mass is 9.61. The van der Waals surface area contributed by atoms with Crippen molar-refractivity contribution in [2.24, 2.45) is 23.2 Å². The van der Waals surface area contributed by atoms with Crippen LogP contribution in [0, 0.1) is 23.2 Å². The molecule has 0 saturated carbocycles. The zero-order chi connectivity index (χ0) is 27.6. The van der Waals surface area contributed by atoms with Gasteiger partial charge in [-0.2, -0.15) is 0 Å². The summed E-state index contributed by atoms with van der Waals surface area (Å²) in [7, 11) is 0. The van der Waals surface area contributed by atoms with Crippen molar-refractivity contribution in [3.63, 3.8) is 0 Å². The second kappa shape index (κ2) is 12.4. The third-order valence-electron chi connectivity index (χ3n) is 11.1. The van der Waals surface area contributed by atoms with Gasteiger partial charge in [-0.1, -0.05) is 70.6 Å². The molecule has 5 aliphatic rings. The van der Waals surface area contributed by atoms with Gasteiger partial charge in [0.2, 0.25) is 0 Å². The molecule has 5 rings (SSSR count). The summed E-state index contributed by atoms with van der Waals surface area (Å²) in [6.07, 6.45) is 22.4. The van der Waals surface area contributed by atoms with Gasteiger partial charge in [0.1, 0.15) is 0 Å². The van der Waals surface area contributed by atoms with Gasteiger partial charge in [-0.3, -0.25) is 4.90 Å².